The number of amides is 1. The van der Waals surface area contributed by atoms with Crippen LogP contribution in [0.5, 0.6) is 5.75 Å². The molecule has 0 radical (unpaired) electrons. The number of hydrogen-bond donors (Lipinski definition) is 1. The van der Waals surface area contributed by atoms with Gasteiger partial charge in [0.2, 0.25) is 0 Å². The third-order valence-electron chi connectivity index (χ3n) is 3.07. The summed E-state index contributed by atoms with van der Waals surface area (Å²) in [4.78, 5) is 12.3. The highest BCUT2D eigenvalue weighted by atomic mass is 32.1. The van der Waals surface area contributed by atoms with Crippen LogP contribution in [0.4, 0.5) is 0 Å². The molecule has 0 saturated carbocycles. The number of tetrazole rings is 1. The molecule has 0 atom stereocenters. The van der Waals surface area contributed by atoms with Crippen LogP contribution in [0.25, 0.3) is 5.69 Å². The van der Waals surface area contributed by atoms with Gasteiger partial charge in [0.25, 0.3) is 5.91 Å². The highest BCUT2D eigenvalue weighted by Gasteiger charge is 2.12. The van der Waals surface area contributed by atoms with Crippen LogP contribution in [0.15, 0.2) is 41.4 Å². The van der Waals surface area contributed by atoms with Crippen molar-refractivity contribution in [2.45, 2.75) is 6.54 Å². The first-order valence-corrected chi connectivity index (χ1v) is 7.43. The number of carbonyl (C=O) groups is 1. The molecule has 3 aromatic rings. The van der Waals surface area contributed by atoms with Crippen molar-refractivity contribution in [3.8, 4) is 11.4 Å². The molecule has 0 saturated heterocycles. The molecule has 0 fully saturated rings. The number of rotatable bonds is 5. The minimum Gasteiger partial charge on any atom is -0.494 e. The maximum atomic E-state index is 12.3. The molecule has 8 heteroatoms. The average molecular weight is 315 g/mol. The standard InChI is InChI=1S/C14H13N5O2S/c1-21-13-3-2-11(6-12(13)19-9-16-17-18-19)14(20)15-7-10-4-5-22-8-10/h2-6,8-9H,7H2,1H3,(H,15,20). The van der Waals surface area contributed by atoms with Gasteiger partial charge in [-0.2, -0.15) is 16.0 Å². The van der Waals surface area contributed by atoms with Gasteiger partial charge in [0.05, 0.1) is 7.11 Å². The molecular weight excluding hydrogens is 302 g/mol. The molecule has 22 heavy (non-hydrogen) atoms. The van der Waals surface area contributed by atoms with Crippen molar-refractivity contribution in [3.63, 3.8) is 0 Å². The molecular formula is C14H13N5O2S. The zero-order valence-electron chi connectivity index (χ0n) is 11.8. The minimum atomic E-state index is -0.164. The van der Waals surface area contributed by atoms with E-state index < -0.39 is 0 Å². The fourth-order valence-electron chi connectivity index (χ4n) is 1.96. The Balaban J connectivity index is 1.82. The van der Waals surface area contributed by atoms with Crippen molar-refractivity contribution >= 4 is 17.2 Å². The Morgan fingerprint density at radius 3 is 3.00 bits per heavy atom. The van der Waals surface area contributed by atoms with E-state index in [2.05, 4.69) is 20.8 Å². The number of methoxy groups -OCH3 is 1. The molecule has 2 heterocycles. The smallest absolute Gasteiger partial charge is 0.251 e. The van der Waals surface area contributed by atoms with E-state index in [9.17, 15) is 4.79 Å². The van der Waals surface area contributed by atoms with Crippen LogP contribution < -0.4 is 10.1 Å². The predicted molar refractivity (Wildman–Crippen MR) is 81.2 cm³/mol. The molecule has 112 valence electrons. The maximum Gasteiger partial charge on any atom is 0.251 e. The molecule has 0 aliphatic rings. The van der Waals surface area contributed by atoms with Crippen molar-refractivity contribution in [1.29, 1.82) is 0 Å². The third kappa shape index (κ3) is 2.96. The highest BCUT2D eigenvalue weighted by molar-refractivity contribution is 7.07. The van der Waals surface area contributed by atoms with Crippen LogP contribution in [-0.2, 0) is 6.54 Å². The second-order valence-electron chi connectivity index (χ2n) is 4.46. The van der Waals surface area contributed by atoms with Gasteiger partial charge in [0.15, 0.2) is 0 Å². The quantitative estimate of drug-likeness (QED) is 0.774. The van der Waals surface area contributed by atoms with E-state index in [0.717, 1.165) is 5.56 Å². The lowest BCUT2D eigenvalue weighted by Gasteiger charge is -2.10. The lowest BCUT2D eigenvalue weighted by atomic mass is 10.1. The van der Waals surface area contributed by atoms with Crippen LogP contribution in [0.2, 0.25) is 0 Å². The predicted octanol–water partition coefficient (Wildman–Crippen LogP) is 1.66. The van der Waals surface area contributed by atoms with E-state index in [1.165, 1.54) is 11.0 Å². The van der Waals surface area contributed by atoms with Gasteiger partial charge < -0.3 is 10.1 Å². The zero-order chi connectivity index (χ0) is 15.4. The zero-order valence-corrected chi connectivity index (χ0v) is 12.6. The monoisotopic (exact) mass is 315 g/mol. The maximum absolute atomic E-state index is 12.3. The molecule has 0 unspecified atom stereocenters. The van der Waals surface area contributed by atoms with Gasteiger partial charge in [0.1, 0.15) is 17.8 Å². The minimum absolute atomic E-state index is 0.164. The van der Waals surface area contributed by atoms with Gasteiger partial charge in [0, 0.05) is 12.1 Å². The summed E-state index contributed by atoms with van der Waals surface area (Å²) >= 11 is 1.60. The molecule has 0 spiro atoms. The first-order chi connectivity index (χ1) is 10.8. The highest BCUT2D eigenvalue weighted by Crippen LogP contribution is 2.23. The Labute approximate surface area is 130 Å². The SMILES string of the molecule is COc1ccc(C(=O)NCc2ccsc2)cc1-n1cnnn1. The van der Waals surface area contributed by atoms with Crippen molar-refractivity contribution in [3.05, 3.63) is 52.5 Å². The number of nitrogens with one attached hydrogen (secondary N) is 1. The fourth-order valence-corrected chi connectivity index (χ4v) is 2.63. The number of carbonyl (C=O) groups excluding carboxylic acids is 1. The second-order valence-corrected chi connectivity index (χ2v) is 5.24. The number of ether oxygens (including phenoxy) is 1. The van der Waals surface area contributed by atoms with E-state index >= 15 is 0 Å². The summed E-state index contributed by atoms with van der Waals surface area (Å²) in [5, 5.41) is 17.9. The first-order valence-electron chi connectivity index (χ1n) is 6.48. The van der Waals surface area contributed by atoms with Crippen LogP contribution in [0.3, 0.4) is 0 Å². The van der Waals surface area contributed by atoms with Gasteiger partial charge in [-0.3, -0.25) is 4.79 Å². The molecule has 1 amide bonds. The van der Waals surface area contributed by atoms with Crippen molar-refractivity contribution in [1.82, 2.24) is 25.5 Å². The van der Waals surface area contributed by atoms with E-state index in [4.69, 9.17) is 4.74 Å². The largest absolute Gasteiger partial charge is 0.494 e. The molecule has 2 aromatic heterocycles. The summed E-state index contributed by atoms with van der Waals surface area (Å²) in [5.74, 6) is 0.421. The summed E-state index contributed by atoms with van der Waals surface area (Å²) in [5.41, 5.74) is 2.20. The Bertz CT molecular complexity index is 756. The van der Waals surface area contributed by atoms with Gasteiger partial charge in [-0.05, 0) is 51.0 Å². The van der Waals surface area contributed by atoms with E-state index in [-0.39, 0.29) is 5.91 Å². The van der Waals surface area contributed by atoms with Gasteiger partial charge in [-0.25, -0.2) is 0 Å². The van der Waals surface area contributed by atoms with Crippen molar-refractivity contribution in [2.75, 3.05) is 7.11 Å². The number of aromatic nitrogens is 4. The van der Waals surface area contributed by atoms with E-state index in [1.807, 2.05) is 16.8 Å². The summed E-state index contributed by atoms with van der Waals surface area (Å²) in [6.07, 6.45) is 1.45. The Hall–Kier alpha value is -2.74. The van der Waals surface area contributed by atoms with Gasteiger partial charge in [-0.1, -0.05) is 0 Å². The summed E-state index contributed by atoms with van der Waals surface area (Å²) < 4.78 is 6.73. The second kappa shape index (κ2) is 6.35. The lowest BCUT2D eigenvalue weighted by Crippen LogP contribution is -2.22. The molecule has 0 aliphatic heterocycles. The number of thiophene rings is 1. The van der Waals surface area contributed by atoms with Crippen LogP contribution in [0, 0.1) is 0 Å². The third-order valence-corrected chi connectivity index (χ3v) is 3.80. The van der Waals surface area contributed by atoms with Crippen molar-refractivity contribution in [2.24, 2.45) is 0 Å². The Morgan fingerprint density at radius 2 is 2.32 bits per heavy atom. The van der Waals surface area contributed by atoms with Gasteiger partial charge in [-0.15, -0.1) is 5.10 Å². The topological polar surface area (TPSA) is 81.9 Å². The fraction of sp³-hybridized carbons (Fsp3) is 0.143. The number of nitrogens with zero attached hydrogens (tertiary/aromatic N) is 4. The van der Waals surface area contributed by atoms with Gasteiger partial charge >= 0.3 is 0 Å². The van der Waals surface area contributed by atoms with Crippen LogP contribution >= 0.6 is 11.3 Å². The Kier molecular flexibility index (Phi) is 4.10. The van der Waals surface area contributed by atoms with Crippen LogP contribution in [-0.4, -0.2) is 33.2 Å². The average Bonchev–Trinajstić information content (AvgIpc) is 3.25. The molecule has 7 nitrogen and oxygen atoms in total. The molecule has 1 N–H and O–H groups in total. The molecule has 1 aromatic carbocycles. The molecule has 3 rings (SSSR count). The lowest BCUT2D eigenvalue weighted by molar-refractivity contribution is 0.0951. The van der Waals surface area contributed by atoms with E-state index in [1.54, 1.807) is 36.6 Å². The Morgan fingerprint density at radius 1 is 1.41 bits per heavy atom. The summed E-state index contributed by atoms with van der Waals surface area (Å²) in [7, 11) is 1.56. The summed E-state index contributed by atoms with van der Waals surface area (Å²) in [6.45, 7) is 0.495. The summed E-state index contributed by atoms with van der Waals surface area (Å²) in [6, 6.07) is 7.09. The molecule has 0 bridgehead atoms. The number of benzene rings is 1. The normalized spacial score (nSPS) is 10.4. The van der Waals surface area contributed by atoms with Crippen LogP contribution in [0.1, 0.15) is 15.9 Å². The first kappa shape index (κ1) is 14.2. The number of hydrogen-bond acceptors (Lipinski definition) is 6. The van der Waals surface area contributed by atoms with E-state index in [0.29, 0.717) is 23.5 Å². The van der Waals surface area contributed by atoms with Crippen molar-refractivity contribution < 1.29 is 9.53 Å². The molecule has 0 aliphatic carbocycles.